The Kier molecular flexibility index (Phi) is 5.87. The lowest BCUT2D eigenvalue weighted by Crippen LogP contribution is -2.62. The van der Waals surface area contributed by atoms with Crippen molar-refractivity contribution in [1.82, 2.24) is 15.5 Å². The number of hydrogen-bond acceptors (Lipinski definition) is 4. The van der Waals surface area contributed by atoms with Gasteiger partial charge in [-0.25, -0.2) is 0 Å². The molecular formula is C20H29N3O4. The molecule has 0 radical (unpaired) electrons. The van der Waals surface area contributed by atoms with E-state index in [-0.39, 0.29) is 30.3 Å². The van der Waals surface area contributed by atoms with E-state index in [2.05, 4.69) is 10.6 Å². The Morgan fingerprint density at radius 3 is 2.63 bits per heavy atom. The molecule has 2 fully saturated rings. The Bertz CT molecular complexity index is 681. The summed E-state index contributed by atoms with van der Waals surface area (Å²) in [6.45, 7) is 3.90. The van der Waals surface area contributed by atoms with Crippen molar-refractivity contribution in [2.45, 2.75) is 83.0 Å². The Hall–Kier alpha value is -2.31. The molecule has 27 heavy (non-hydrogen) atoms. The number of nitrogens with zero attached hydrogens (tertiary/aromatic N) is 1. The number of carbonyl (C=O) groups is 3. The highest BCUT2D eigenvalue weighted by molar-refractivity contribution is 5.95. The maximum atomic E-state index is 13.3. The molecule has 1 aliphatic heterocycles. The second-order valence-corrected chi connectivity index (χ2v) is 7.74. The van der Waals surface area contributed by atoms with Crippen molar-refractivity contribution >= 4 is 17.7 Å². The fraction of sp³-hybridized carbons (Fsp3) is 0.650. The zero-order valence-electron chi connectivity index (χ0n) is 16.1. The van der Waals surface area contributed by atoms with E-state index in [4.69, 9.17) is 4.42 Å². The third-order valence-corrected chi connectivity index (χ3v) is 5.92. The molecule has 1 aromatic rings. The van der Waals surface area contributed by atoms with E-state index in [1.54, 1.807) is 30.2 Å². The summed E-state index contributed by atoms with van der Waals surface area (Å²) < 4.78 is 5.44. The van der Waals surface area contributed by atoms with Crippen LogP contribution in [0.4, 0.5) is 0 Å². The summed E-state index contributed by atoms with van der Waals surface area (Å²) in [5.41, 5.74) is -1.01. The van der Waals surface area contributed by atoms with Crippen LogP contribution in [0, 0.1) is 0 Å². The third-order valence-electron chi connectivity index (χ3n) is 5.92. The predicted molar refractivity (Wildman–Crippen MR) is 99.5 cm³/mol. The van der Waals surface area contributed by atoms with Gasteiger partial charge >= 0.3 is 0 Å². The second-order valence-electron chi connectivity index (χ2n) is 7.74. The monoisotopic (exact) mass is 375 g/mol. The molecule has 2 aliphatic rings. The van der Waals surface area contributed by atoms with Crippen LogP contribution in [0.5, 0.6) is 0 Å². The smallest absolute Gasteiger partial charge is 0.246 e. The lowest BCUT2D eigenvalue weighted by Gasteiger charge is -2.41. The van der Waals surface area contributed by atoms with Gasteiger partial charge in [-0.1, -0.05) is 19.8 Å². The van der Waals surface area contributed by atoms with Crippen LogP contribution in [0.2, 0.25) is 0 Å². The van der Waals surface area contributed by atoms with Crippen LogP contribution < -0.4 is 10.6 Å². The second kappa shape index (κ2) is 8.15. The first kappa shape index (κ1) is 19.5. The first-order chi connectivity index (χ1) is 12.9. The molecule has 148 valence electrons. The summed E-state index contributed by atoms with van der Waals surface area (Å²) in [5.74, 6) is 0.116. The van der Waals surface area contributed by atoms with Gasteiger partial charge in [0.1, 0.15) is 17.3 Å². The molecule has 0 spiro atoms. The van der Waals surface area contributed by atoms with Gasteiger partial charge in [0.2, 0.25) is 17.7 Å². The minimum absolute atomic E-state index is 0.125. The van der Waals surface area contributed by atoms with Gasteiger partial charge in [0.05, 0.1) is 12.8 Å². The summed E-state index contributed by atoms with van der Waals surface area (Å²) in [4.78, 5) is 39.6. The number of rotatable bonds is 7. The van der Waals surface area contributed by atoms with Gasteiger partial charge in [0, 0.05) is 12.5 Å². The van der Waals surface area contributed by atoms with Crippen LogP contribution in [-0.4, -0.2) is 40.2 Å². The quantitative estimate of drug-likeness (QED) is 0.764. The molecule has 2 atom stereocenters. The number of amides is 3. The maximum absolute atomic E-state index is 13.3. The zero-order valence-corrected chi connectivity index (χ0v) is 16.1. The zero-order chi connectivity index (χ0) is 19.4. The third kappa shape index (κ3) is 4.17. The standard InChI is InChI=1S/C20H29N3O4/c1-3-20(2,19(26)21-14-7-4-5-8-14)23(13-15-9-6-12-27-15)18(25)16-10-11-17(24)22-16/h6,9,12,14,16H,3-5,7-8,10-11,13H2,1-2H3,(H,21,26)(H,22,24)/t16-,20-/m0/s1. The molecule has 0 aromatic carbocycles. The van der Waals surface area contributed by atoms with Crippen LogP contribution in [0.1, 0.15) is 64.6 Å². The number of carbonyl (C=O) groups excluding carboxylic acids is 3. The molecule has 1 aliphatic carbocycles. The molecule has 1 saturated heterocycles. The minimum Gasteiger partial charge on any atom is -0.467 e. The Morgan fingerprint density at radius 2 is 2.07 bits per heavy atom. The van der Waals surface area contributed by atoms with Gasteiger partial charge < -0.3 is 20.0 Å². The summed E-state index contributed by atoms with van der Waals surface area (Å²) in [5, 5.41) is 5.86. The Balaban J connectivity index is 1.84. The minimum atomic E-state index is -1.01. The molecule has 3 amide bonds. The molecule has 7 nitrogen and oxygen atoms in total. The normalized spacial score (nSPS) is 22.3. The van der Waals surface area contributed by atoms with Crippen molar-refractivity contribution in [3.8, 4) is 0 Å². The Labute approximate surface area is 159 Å². The largest absolute Gasteiger partial charge is 0.467 e. The molecule has 7 heteroatoms. The molecule has 3 rings (SSSR count). The van der Waals surface area contributed by atoms with Gasteiger partial charge in [-0.3, -0.25) is 14.4 Å². The summed E-state index contributed by atoms with van der Waals surface area (Å²) in [7, 11) is 0. The molecule has 2 N–H and O–H groups in total. The van der Waals surface area contributed by atoms with E-state index in [1.165, 1.54) is 0 Å². The molecule has 0 unspecified atom stereocenters. The number of nitrogens with one attached hydrogen (secondary N) is 2. The fourth-order valence-electron chi connectivity index (χ4n) is 3.93. The van der Waals surface area contributed by atoms with Crippen molar-refractivity contribution in [2.24, 2.45) is 0 Å². The lowest BCUT2D eigenvalue weighted by molar-refractivity contribution is -0.150. The first-order valence-electron chi connectivity index (χ1n) is 9.88. The molecule has 0 bridgehead atoms. The summed E-state index contributed by atoms with van der Waals surface area (Å²) in [6.07, 6.45) is 7.02. The summed E-state index contributed by atoms with van der Waals surface area (Å²) >= 11 is 0. The highest BCUT2D eigenvalue weighted by atomic mass is 16.3. The van der Waals surface area contributed by atoms with Gasteiger partial charge in [-0.05, 0) is 44.7 Å². The van der Waals surface area contributed by atoms with E-state index in [0.29, 0.717) is 25.0 Å². The van der Waals surface area contributed by atoms with Gasteiger partial charge in [-0.15, -0.1) is 0 Å². The predicted octanol–water partition coefficient (Wildman–Crippen LogP) is 2.11. The van der Waals surface area contributed by atoms with Crippen molar-refractivity contribution in [3.63, 3.8) is 0 Å². The lowest BCUT2D eigenvalue weighted by atomic mass is 9.92. The van der Waals surface area contributed by atoms with E-state index in [0.717, 1.165) is 25.7 Å². The van der Waals surface area contributed by atoms with Crippen LogP contribution in [-0.2, 0) is 20.9 Å². The van der Waals surface area contributed by atoms with Crippen molar-refractivity contribution in [3.05, 3.63) is 24.2 Å². The number of hydrogen-bond donors (Lipinski definition) is 2. The average Bonchev–Trinajstić information content (AvgIpc) is 3.41. The van der Waals surface area contributed by atoms with Gasteiger partial charge in [0.25, 0.3) is 0 Å². The van der Waals surface area contributed by atoms with Gasteiger partial charge in [0.15, 0.2) is 0 Å². The van der Waals surface area contributed by atoms with Crippen molar-refractivity contribution < 1.29 is 18.8 Å². The number of furan rings is 1. The fourth-order valence-corrected chi connectivity index (χ4v) is 3.93. The van der Waals surface area contributed by atoms with Crippen LogP contribution in [0.25, 0.3) is 0 Å². The van der Waals surface area contributed by atoms with Crippen LogP contribution in [0.3, 0.4) is 0 Å². The van der Waals surface area contributed by atoms with E-state index >= 15 is 0 Å². The SMILES string of the molecule is CC[C@@](C)(C(=O)NC1CCCC1)N(Cc1ccco1)C(=O)[C@@H]1CCC(=O)N1. The average molecular weight is 375 g/mol. The highest BCUT2D eigenvalue weighted by Gasteiger charge is 2.45. The van der Waals surface area contributed by atoms with Crippen molar-refractivity contribution in [1.29, 1.82) is 0 Å². The van der Waals surface area contributed by atoms with E-state index in [1.807, 2.05) is 6.92 Å². The van der Waals surface area contributed by atoms with Crippen LogP contribution in [0.15, 0.2) is 22.8 Å². The van der Waals surface area contributed by atoms with Gasteiger partial charge in [-0.2, -0.15) is 0 Å². The molecule has 2 heterocycles. The molecular weight excluding hydrogens is 346 g/mol. The van der Waals surface area contributed by atoms with Crippen LogP contribution >= 0.6 is 0 Å². The molecule has 1 aromatic heterocycles. The highest BCUT2D eigenvalue weighted by Crippen LogP contribution is 2.27. The Morgan fingerprint density at radius 1 is 1.33 bits per heavy atom. The van der Waals surface area contributed by atoms with E-state index < -0.39 is 11.6 Å². The molecule has 1 saturated carbocycles. The van der Waals surface area contributed by atoms with Crippen molar-refractivity contribution in [2.75, 3.05) is 0 Å². The summed E-state index contributed by atoms with van der Waals surface area (Å²) in [6, 6.07) is 3.14. The topological polar surface area (TPSA) is 91.7 Å². The first-order valence-corrected chi connectivity index (χ1v) is 9.88. The van der Waals surface area contributed by atoms with E-state index in [9.17, 15) is 14.4 Å². The maximum Gasteiger partial charge on any atom is 0.246 e.